The number of halogens is 2. The number of hydrogen-bond donors (Lipinski definition) is 0. The van der Waals surface area contributed by atoms with Crippen molar-refractivity contribution in [3.05, 3.63) is 29.8 Å². The molecule has 96 valence electrons. The Morgan fingerprint density at radius 3 is 2.78 bits per heavy atom. The van der Waals surface area contributed by atoms with Gasteiger partial charge in [0.1, 0.15) is 11.5 Å². The fourth-order valence-electron chi connectivity index (χ4n) is 1.90. The zero-order chi connectivity index (χ0) is 13.4. The van der Waals surface area contributed by atoms with Gasteiger partial charge in [0.25, 0.3) is 0 Å². The predicted molar refractivity (Wildman–Crippen MR) is 72.6 cm³/mol. The lowest BCUT2D eigenvalue weighted by Gasteiger charge is -2.11. The minimum absolute atomic E-state index is 0.109. The predicted octanol–water partition coefficient (Wildman–Crippen LogP) is 3.31. The van der Waals surface area contributed by atoms with Crippen LogP contribution in [0, 0.1) is 11.7 Å². The van der Waals surface area contributed by atoms with Gasteiger partial charge in [0.15, 0.2) is 5.78 Å². The topological polar surface area (TPSA) is 34.9 Å². The van der Waals surface area contributed by atoms with Gasteiger partial charge in [-0.05, 0) is 12.0 Å². The minimum Gasteiger partial charge on any atom is -0.335 e. The van der Waals surface area contributed by atoms with Gasteiger partial charge in [-0.15, -0.1) is 0 Å². The number of aromatic nitrogens is 2. The molecule has 3 nitrogen and oxygen atoms in total. The van der Waals surface area contributed by atoms with Crippen molar-refractivity contribution in [2.45, 2.75) is 18.7 Å². The molecule has 18 heavy (non-hydrogen) atoms. The van der Waals surface area contributed by atoms with Gasteiger partial charge >= 0.3 is 0 Å². The Kier molecular flexibility index (Phi) is 3.52. The number of alkyl halides is 1. The fraction of sp³-hybridized carbons (Fsp3) is 0.385. The van der Waals surface area contributed by atoms with E-state index in [9.17, 15) is 9.18 Å². The summed E-state index contributed by atoms with van der Waals surface area (Å²) in [5.41, 5.74) is 0.871. The highest BCUT2D eigenvalue weighted by molar-refractivity contribution is 9.10. The molecule has 0 saturated heterocycles. The van der Waals surface area contributed by atoms with E-state index in [1.807, 2.05) is 13.8 Å². The number of Topliss-reactive ketones (excluding diaryl/α,β-unsaturated/α-hetero) is 1. The average Bonchev–Trinajstić information content (AvgIpc) is 2.66. The lowest BCUT2D eigenvalue weighted by Crippen LogP contribution is -2.20. The first-order chi connectivity index (χ1) is 8.43. The van der Waals surface area contributed by atoms with Gasteiger partial charge in [0, 0.05) is 25.0 Å². The molecular weight excluding hydrogens is 299 g/mol. The quantitative estimate of drug-likeness (QED) is 0.643. The van der Waals surface area contributed by atoms with Gasteiger partial charge in [-0.25, -0.2) is 9.37 Å². The summed E-state index contributed by atoms with van der Waals surface area (Å²) in [5.74, 6) is -0.373. The zero-order valence-corrected chi connectivity index (χ0v) is 12.0. The molecule has 1 unspecified atom stereocenters. The Morgan fingerprint density at radius 2 is 2.17 bits per heavy atom. The number of fused-ring (bicyclic) bond motifs is 1. The zero-order valence-electron chi connectivity index (χ0n) is 10.4. The van der Waals surface area contributed by atoms with Gasteiger partial charge in [-0.1, -0.05) is 29.8 Å². The lowest BCUT2D eigenvalue weighted by atomic mass is 10.0. The second kappa shape index (κ2) is 4.80. The van der Waals surface area contributed by atoms with Gasteiger partial charge in [-0.2, -0.15) is 0 Å². The van der Waals surface area contributed by atoms with Crippen molar-refractivity contribution >= 4 is 32.7 Å². The van der Waals surface area contributed by atoms with E-state index in [0.717, 1.165) is 0 Å². The average molecular weight is 313 g/mol. The van der Waals surface area contributed by atoms with Crippen molar-refractivity contribution in [2.24, 2.45) is 13.0 Å². The summed E-state index contributed by atoms with van der Waals surface area (Å²) in [4.78, 5) is 16.1. The maximum absolute atomic E-state index is 13.9. The second-order valence-electron chi connectivity index (χ2n) is 4.66. The van der Waals surface area contributed by atoms with Gasteiger partial charge in [-0.3, -0.25) is 4.79 Å². The van der Waals surface area contributed by atoms with Crippen LogP contribution in [0.2, 0.25) is 0 Å². The van der Waals surface area contributed by atoms with E-state index >= 15 is 0 Å². The second-order valence-corrected chi connectivity index (χ2v) is 5.64. The molecule has 0 aliphatic heterocycles. The van der Waals surface area contributed by atoms with Crippen molar-refractivity contribution in [1.29, 1.82) is 0 Å². The highest BCUT2D eigenvalue weighted by Crippen LogP contribution is 2.26. The van der Waals surface area contributed by atoms with Gasteiger partial charge < -0.3 is 4.57 Å². The summed E-state index contributed by atoms with van der Waals surface area (Å²) in [7, 11) is 1.75. The first-order valence-corrected chi connectivity index (χ1v) is 6.63. The summed E-state index contributed by atoms with van der Waals surface area (Å²) < 4.78 is 15.5. The van der Waals surface area contributed by atoms with E-state index in [-0.39, 0.29) is 16.5 Å². The van der Waals surface area contributed by atoms with Crippen LogP contribution < -0.4 is 0 Å². The third-order valence-corrected chi connectivity index (χ3v) is 4.38. The van der Waals surface area contributed by atoms with Crippen LogP contribution in [0.1, 0.15) is 24.2 Å². The number of aryl methyl sites for hydroxylation is 1. The molecule has 2 aromatic rings. The Labute approximate surface area is 113 Å². The largest absolute Gasteiger partial charge is 0.335 e. The monoisotopic (exact) mass is 312 g/mol. The lowest BCUT2D eigenvalue weighted by molar-refractivity contribution is 0.0979. The van der Waals surface area contributed by atoms with Crippen LogP contribution in [0.3, 0.4) is 0 Å². The molecule has 0 radical (unpaired) electrons. The van der Waals surface area contributed by atoms with Gasteiger partial charge in [0.05, 0.1) is 10.2 Å². The first kappa shape index (κ1) is 13.2. The number of carbonyl (C=O) groups is 1. The molecule has 0 saturated carbocycles. The number of rotatable bonds is 3. The summed E-state index contributed by atoms with van der Waals surface area (Å²) in [6.45, 7) is 3.88. The summed E-state index contributed by atoms with van der Waals surface area (Å²) in [6.07, 6.45) is 3.04. The Morgan fingerprint density at radius 1 is 1.50 bits per heavy atom. The van der Waals surface area contributed by atoms with Crippen LogP contribution in [-0.2, 0) is 7.05 Å². The molecule has 1 atom stereocenters. The van der Waals surface area contributed by atoms with Crippen LogP contribution in [0.15, 0.2) is 18.5 Å². The number of hydrogen-bond acceptors (Lipinski definition) is 2. The summed E-state index contributed by atoms with van der Waals surface area (Å²) in [6, 6.07) is 1.28. The summed E-state index contributed by atoms with van der Waals surface area (Å²) >= 11 is 3.36. The normalized spacial score (nSPS) is 13.2. The molecule has 0 aliphatic rings. The number of ketones is 1. The third kappa shape index (κ3) is 2.07. The Balaban J connectivity index is 2.62. The molecule has 2 aromatic heterocycles. The number of carbonyl (C=O) groups excluding carboxylic acids is 1. The number of pyridine rings is 1. The van der Waals surface area contributed by atoms with E-state index in [2.05, 4.69) is 20.9 Å². The maximum atomic E-state index is 13.9. The molecule has 0 N–H and O–H groups in total. The molecule has 5 heteroatoms. The van der Waals surface area contributed by atoms with E-state index in [0.29, 0.717) is 16.6 Å². The minimum atomic E-state index is -0.410. The fourth-order valence-corrected chi connectivity index (χ4v) is 2.15. The molecule has 0 aromatic carbocycles. The Bertz CT molecular complexity index is 606. The molecule has 0 bridgehead atoms. The van der Waals surface area contributed by atoms with Crippen molar-refractivity contribution < 1.29 is 9.18 Å². The summed E-state index contributed by atoms with van der Waals surface area (Å²) in [5, 5.41) is 0.301. The highest BCUT2D eigenvalue weighted by atomic mass is 79.9. The molecule has 0 aliphatic carbocycles. The standard InChI is InChI=1S/C13H14BrFN2O/c1-7(2)11(14)12(18)8-6-17(3)13-10(8)9(15)4-5-16-13/h4-7,11H,1-3H3. The van der Waals surface area contributed by atoms with Gasteiger partial charge in [0.2, 0.25) is 0 Å². The van der Waals surface area contributed by atoms with Crippen LogP contribution in [0.25, 0.3) is 11.0 Å². The number of nitrogens with zero attached hydrogens (tertiary/aromatic N) is 2. The van der Waals surface area contributed by atoms with Crippen LogP contribution in [0.5, 0.6) is 0 Å². The van der Waals surface area contributed by atoms with Crippen LogP contribution in [0.4, 0.5) is 4.39 Å². The molecule has 0 amide bonds. The maximum Gasteiger partial charge on any atom is 0.179 e. The van der Waals surface area contributed by atoms with Crippen LogP contribution in [-0.4, -0.2) is 20.2 Å². The highest BCUT2D eigenvalue weighted by Gasteiger charge is 2.25. The van der Waals surface area contributed by atoms with Crippen molar-refractivity contribution in [1.82, 2.24) is 9.55 Å². The van der Waals surface area contributed by atoms with E-state index < -0.39 is 5.82 Å². The van der Waals surface area contributed by atoms with Crippen molar-refractivity contribution in [2.75, 3.05) is 0 Å². The Hall–Kier alpha value is -1.23. The smallest absolute Gasteiger partial charge is 0.179 e. The molecular formula is C13H14BrFN2O. The SMILES string of the molecule is CC(C)C(Br)C(=O)c1cn(C)c2nccc(F)c12. The van der Waals surface area contributed by atoms with E-state index in [4.69, 9.17) is 0 Å². The van der Waals surface area contributed by atoms with E-state index in [1.165, 1.54) is 12.3 Å². The van der Waals surface area contributed by atoms with E-state index in [1.54, 1.807) is 17.8 Å². The molecule has 2 rings (SSSR count). The van der Waals surface area contributed by atoms with Crippen LogP contribution >= 0.6 is 15.9 Å². The third-order valence-electron chi connectivity index (χ3n) is 2.91. The molecule has 2 heterocycles. The first-order valence-electron chi connectivity index (χ1n) is 5.71. The molecule has 0 fully saturated rings. The molecule has 0 spiro atoms. The van der Waals surface area contributed by atoms with Crippen molar-refractivity contribution in [3.8, 4) is 0 Å². The van der Waals surface area contributed by atoms with Crippen molar-refractivity contribution in [3.63, 3.8) is 0 Å².